The first-order valence-electron chi connectivity index (χ1n) is 8.65. The molecule has 2 N–H and O–H groups in total. The van der Waals surface area contributed by atoms with E-state index in [9.17, 15) is 23.3 Å². The maximum Gasteiger partial charge on any atom is 0.363 e. The number of amides is 2. The fraction of sp³-hybridized carbons (Fsp3) is 0.316. The predicted molar refractivity (Wildman–Crippen MR) is 104 cm³/mol. The molecule has 146 valence electrons. The topological polar surface area (TPSA) is 109 Å². The van der Waals surface area contributed by atoms with Crippen LogP contribution < -0.4 is 10.2 Å². The molecule has 0 aliphatic carbocycles. The Balaban J connectivity index is 1.99. The van der Waals surface area contributed by atoms with Crippen LogP contribution in [0.5, 0.6) is 0 Å². The van der Waals surface area contributed by atoms with Gasteiger partial charge in [0.1, 0.15) is 23.4 Å². The number of imide groups is 1. The van der Waals surface area contributed by atoms with Gasteiger partial charge in [0.25, 0.3) is 0 Å². The third-order valence-corrected chi connectivity index (χ3v) is 7.06. The molecule has 0 spiro atoms. The van der Waals surface area contributed by atoms with E-state index in [1.165, 1.54) is 6.20 Å². The van der Waals surface area contributed by atoms with Gasteiger partial charge in [0.2, 0.25) is 0 Å². The molecule has 3 rings (SSSR count). The Labute approximate surface area is 168 Å². The minimum Gasteiger partial charge on any atom is -0.360 e. The number of halogens is 1. The Hall–Kier alpha value is -2.47. The Morgan fingerprint density at radius 1 is 1.29 bits per heavy atom. The van der Waals surface area contributed by atoms with E-state index in [0.29, 0.717) is 5.02 Å². The fourth-order valence-electron chi connectivity index (χ4n) is 3.50. The lowest BCUT2D eigenvalue weighted by Crippen LogP contribution is -3.21. The number of nitriles is 1. The molecule has 0 saturated carbocycles. The summed E-state index contributed by atoms with van der Waals surface area (Å²) >= 11 is 5.95. The lowest BCUT2D eigenvalue weighted by atomic mass is 9.94. The molecule has 1 aromatic carbocycles. The van der Waals surface area contributed by atoms with Gasteiger partial charge >= 0.3 is 11.8 Å². The molecule has 2 heterocycles. The molecule has 1 fully saturated rings. The maximum absolute atomic E-state index is 13.0. The summed E-state index contributed by atoms with van der Waals surface area (Å²) in [7, 11) is -3.28. The number of hydrogen-bond donors (Lipinski definition) is 2. The highest BCUT2D eigenvalue weighted by atomic mass is 35.5. The van der Waals surface area contributed by atoms with Gasteiger partial charge in [0, 0.05) is 23.3 Å². The number of carbonyl (C=O) groups excluding carboxylic acids is 2. The highest BCUT2D eigenvalue weighted by Gasteiger charge is 2.48. The lowest BCUT2D eigenvalue weighted by Gasteiger charge is -2.25. The van der Waals surface area contributed by atoms with Crippen LogP contribution in [0.4, 0.5) is 5.69 Å². The van der Waals surface area contributed by atoms with Crippen LogP contribution in [-0.2, 0) is 19.4 Å². The predicted octanol–water partition coefficient (Wildman–Crippen LogP) is 0.923. The van der Waals surface area contributed by atoms with Crippen LogP contribution >= 0.6 is 11.6 Å². The number of aryl methyl sites for hydroxylation is 1. The smallest absolute Gasteiger partial charge is 0.360 e. The number of benzene rings is 1. The van der Waals surface area contributed by atoms with E-state index < -0.39 is 27.7 Å². The van der Waals surface area contributed by atoms with Crippen molar-refractivity contribution in [1.29, 1.82) is 5.26 Å². The van der Waals surface area contributed by atoms with Gasteiger partial charge in [0.05, 0.1) is 5.75 Å². The number of nitrogens with one attached hydrogen (secondary N) is 2. The first-order chi connectivity index (χ1) is 13.1. The molecule has 1 aromatic rings. The quantitative estimate of drug-likeness (QED) is 0.556. The number of quaternary nitrogens is 1. The Morgan fingerprint density at radius 2 is 2.00 bits per heavy atom. The molecule has 2 aliphatic rings. The second-order valence-electron chi connectivity index (χ2n) is 6.95. The van der Waals surface area contributed by atoms with Gasteiger partial charge < -0.3 is 5.32 Å². The monoisotopic (exact) mass is 420 g/mol. The highest BCUT2D eigenvalue weighted by molar-refractivity contribution is 7.91. The summed E-state index contributed by atoms with van der Waals surface area (Å²) in [4.78, 5) is 25.6. The molecule has 0 radical (unpaired) electrons. The van der Waals surface area contributed by atoms with Gasteiger partial charge in [-0.15, -0.1) is 0 Å². The van der Waals surface area contributed by atoms with Gasteiger partial charge in [-0.1, -0.05) is 11.6 Å². The summed E-state index contributed by atoms with van der Waals surface area (Å²) in [5.74, 6) is -1.49. The van der Waals surface area contributed by atoms with E-state index >= 15 is 0 Å². The number of carbonyl (C=O) groups is 2. The molecule has 28 heavy (non-hydrogen) atoms. The number of sulfone groups is 1. The zero-order chi connectivity index (χ0) is 20.6. The zero-order valence-electron chi connectivity index (χ0n) is 15.4. The molecule has 7 nitrogen and oxygen atoms in total. The maximum atomic E-state index is 13.0. The molecule has 1 saturated heterocycles. The Morgan fingerprint density at radius 3 is 2.57 bits per heavy atom. The summed E-state index contributed by atoms with van der Waals surface area (Å²) in [6.45, 7) is 3.39. The van der Waals surface area contributed by atoms with Crippen molar-refractivity contribution in [2.24, 2.45) is 0 Å². The zero-order valence-corrected chi connectivity index (χ0v) is 16.9. The molecule has 2 atom stereocenters. The first kappa shape index (κ1) is 20.3. The Bertz CT molecular complexity index is 1080. The molecule has 1 unspecified atom stereocenters. The average molecular weight is 421 g/mol. The summed E-state index contributed by atoms with van der Waals surface area (Å²) in [5, 5.41) is 13.0. The van der Waals surface area contributed by atoms with E-state index in [1.807, 2.05) is 13.0 Å². The third-order valence-electron chi connectivity index (χ3n) is 5.05. The molecule has 0 aromatic heterocycles. The van der Waals surface area contributed by atoms with E-state index in [4.69, 9.17) is 11.6 Å². The van der Waals surface area contributed by atoms with Crippen LogP contribution in [0.3, 0.4) is 0 Å². The molecular formula is C19H19ClN3O4S+. The van der Waals surface area contributed by atoms with Gasteiger partial charge in [-0.3, -0.25) is 0 Å². The van der Waals surface area contributed by atoms with Crippen molar-refractivity contribution in [2.75, 3.05) is 16.8 Å². The number of rotatable bonds is 3. The minimum absolute atomic E-state index is 0.0619. The summed E-state index contributed by atoms with van der Waals surface area (Å²) < 4.78 is 23.6. The van der Waals surface area contributed by atoms with Crippen LogP contribution in [0.2, 0.25) is 5.02 Å². The second kappa shape index (κ2) is 7.51. The van der Waals surface area contributed by atoms with Gasteiger partial charge in [-0.25, -0.2) is 18.0 Å². The molecule has 9 heteroatoms. The number of nitrogens with zero attached hydrogens (tertiary/aromatic N) is 1. The van der Waals surface area contributed by atoms with Crippen molar-refractivity contribution in [1.82, 2.24) is 0 Å². The first-order valence-corrected chi connectivity index (χ1v) is 10.9. The van der Waals surface area contributed by atoms with Crippen LogP contribution in [-0.4, -0.2) is 37.8 Å². The number of anilines is 1. The van der Waals surface area contributed by atoms with Gasteiger partial charge in [-0.2, -0.15) is 10.2 Å². The van der Waals surface area contributed by atoms with Crippen LogP contribution in [0, 0.1) is 18.3 Å². The van der Waals surface area contributed by atoms with Gasteiger partial charge in [0.15, 0.2) is 15.4 Å². The van der Waals surface area contributed by atoms with E-state index in [-0.39, 0.29) is 39.5 Å². The van der Waals surface area contributed by atoms with Crippen molar-refractivity contribution in [3.05, 3.63) is 51.7 Å². The van der Waals surface area contributed by atoms with Crippen molar-refractivity contribution < 1.29 is 22.9 Å². The Kier molecular flexibility index (Phi) is 5.44. The van der Waals surface area contributed by atoms with Crippen LogP contribution in [0.25, 0.3) is 0 Å². The summed E-state index contributed by atoms with van der Waals surface area (Å²) in [6.07, 6.45) is 1.67. The molecule has 0 bridgehead atoms. The average Bonchev–Trinajstić information content (AvgIpc) is 2.96. The minimum atomic E-state index is -3.28. The van der Waals surface area contributed by atoms with Crippen molar-refractivity contribution in [2.45, 2.75) is 26.3 Å². The van der Waals surface area contributed by atoms with Gasteiger partial charge in [-0.05, 0) is 43.2 Å². The van der Waals surface area contributed by atoms with Crippen molar-refractivity contribution in [3.63, 3.8) is 0 Å². The normalized spacial score (nSPS) is 25.9. The van der Waals surface area contributed by atoms with E-state index in [1.54, 1.807) is 25.1 Å². The van der Waals surface area contributed by atoms with Crippen molar-refractivity contribution in [3.8, 4) is 6.07 Å². The lowest BCUT2D eigenvalue weighted by molar-refractivity contribution is -0.761. The van der Waals surface area contributed by atoms with Crippen LogP contribution in [0.15, 0.2) is 41.1 Å². The second-order valence-corrected chi connectivity index (χ2v) is 9.61. The van der Waals surface area contributed by atoms with Crippen LogP contribution in [0.1, 0.15) is 18.9 Å². The third kappa shape index (κ3) is 3.74. The number of hydrogen-bond acceptors (Lipinski definition) is 6. The SMILES string of the molecule is CC1=C(C#N)C(=O)[NH+]([C@@H]2CCS(=O)(=O)C2)C(=O)/C1=C\Nc1ccc(Cl)cc1C. The fourth-order valence-corrected chi connectivity index (χ4v) is 5.48. The van der Waals surface area contributed by atoms with Crippen molar-refractivity contribution >= 4 is 38.9 Å². The van der Waals surface area contributed by atoms with E-state index in [0.717, 1.165) is 11.3 Å². The standard InChI is InChI=1S/C19H18ClN3O4S/c1-11-7-13(20)3-4-17(11)22-9-16-12(2)15(8-21)18(24)23(19(16)25)14-5-6-28(26,27)10-14/h3-4,7,9,14,22H,5-6,10H2,1-2H3/p+1/b16-9-/t14-/m1/s1. The molecule has 2 amide bonds. The molecule has 2 aliphatic heterocycles. The van der Waals surface area contributed by atoms with E-state index in [2.05, 4.69) is 5.32 Å². The summed E-state index contributed by atoms with van der Waals surface area (Å²) in [5.41, 5.74) is 1.92. The summed E-state index contributed by atoms with van der Waals surface area (Å²) in [6, 6.07) is 6.41. The highest BCUT2D eigenvalue weighted by Crippen LogP contribution is 2.23. The largest absolute Gasteiger partial charge is 0.363 e. The molecular weight excluding hydrogens is 402 g/mol.